The van der Waals surface area contributed by atoms with Crippen LogP contribution < -0.4 is 0 Å². The zero-order chi connectivity index (χ0) is 11.3. The summed E-state index contributed by atoms with van der Waals surface area (Å²) in [5, 5.41) is 8.38. The van der Waals surface area contributed by atoms with Crippen molar-refractivity contribution in [2.24, 2.45) is 0 Å². The number of aliphatic carboxylic acids is 1. The zero-order valence-corrected chi connectivity index (χ0v) is 8.80. The predicted molar refractivity (Wildman–Crippen MR) is 54.5 cm³/mol. The first-order valence-electron chi connectivity index (χ1n) is 4.45. The van der Waals surface area contributed by atoms with Gasteiger partial charge in [-0.1, -0.05) is 6.07 Å². The molecule has 0 heterocycles. The Labute approximate surface area is 89.4 Å². The SMILES string of the molecule is O=C(O)CCCS(=O)c1cccc(F)c1. The quantitative estimate of drug-likeness (QED) is 0.839. The molecule has 0 radical (unpaired) electrons. The van der Waals surface area contributed by atoms with Crippen LogP contribution in [0.4, 0.5) is 4.39 Å². The Morgan fingerprint density at radius 2 is 2.20 bits per heavy atom. The Morgan fingerprint density at radius 1 is 1.47 bits per heavy atom. The summed E-state index contributed by atoms with van der Waals surface area (Å²) in [4.78, 5) is 10.6. The van der Waals surface area contributed by atoms with Crippen LogP contribution >= 0.6 is 0 Å². The van der Waals surface area contributed by atoms with E-state index in [9.17, 15) is 13.4 Å². The van der Waals surface area contributed by atoms with Crippen LogP contribution in [0.1, 0.15) is 12.8 Å². The summed E-state index contributed by atoms with van der Waals surface area (Å²) in [5.41, 5.74) is 0. The molecule has 3 nitrogen and oxygen atoms in total. The number of benzene rings is 1. The number of halogens is 1. The molecule has 1 atom stereocenters. The van der Waals surface area contributed by atoms with Gasteiger partial charge in [0.25, 0.3) is 0 Å². The number of carboxylic acid groups (broad SMARTS) is 1. The highest BCUT2D eigenvalue weighted by Crippen LogP contribution is 2.10. The smallest absolute Gasteiger partial charge is 0.303 e. The molecule has 0 aliphatic rings. The van der Waals surface area contributed by atoms with Crippen LogP contribution in [0.5, 0.6) is 0 Å². The molecule has 1 aromatic rings. The highest BCUT2D eigenvalue weighted by molar-refractivity contribution is 7.85. The summed E-state index contributed by atoms with van der Waals surface area (Å²) in [6.45, 7) is 0. The molecule has 0 saturated carbocycles. The Morgan fingerprint density at radius 3 is 2.80 bits per heavy atom. The van der Waals surface area contributed by atoms with Crippen LogP contribution in [0.3, 0.4) is 0 Å². The Balaban J connectivity index is 2.50. The van der Waals surface area contributed by atoms with Gasteiger partial charge in [-0.3, -0.25) is 9.00 Å². The molecule has 0 bridgehead atoms. The number of carboxylic acids is 1. The van der Waals surface area contributed by atoms with Crippen molar-refractivity contribution in [3.05, 3.63) is 30.1 Å². The fraction of sp³-hybridized carbons (Fsp3) is 0.300. The Bertz CT molecular complexity index is 379. The number of rotatable bonds is 5. The van der Waals surface area contributed by atoms with Crippen molar-refractivity contribution in [2.75, 3.05) is 5.75 Å². The molecule has 0 amide bonds. The highest BCUT2D eigenvalue weighted by atomic mass is 32.2. The number of carbonyl (C=O) groups is 1. The minimum absolute atomic E-state index is 0.0128. The van der Waals surface area contributed by atoms with Crippen LogP contribution in [-0.2, 0) is 15.6 Å². The lowest BCUT2D eigenvalue weighted by molar-refractivity contribution is -0.137. The molecule has 82 valence electrons. The lowest BCUT2D eigenvalue weighted by atomic mass is 10.3. The van der Waals surface area contributed by atoms with Gasteiger partial charge in [0, 0.05) is 17.1 Å². The van der Waals surface area contributed by atoms with Crippen molar-refractivity contribution in [3.63, 3.8) is 0 Å². The molecule has 0 aliphatic heterocycles. The summed E-state index contributed by atoms with van der Waals surface area (Å²) in [6, 6.07) is 5.54. The van der Waals surface area contributed by atoms with Gasteiger partial charge in [-0.15, -0.1) is 0 Å². The third-order valence-corrected chi connectivity index (χ3v) is 3.22. The second-order valence-corrected chi connectivity index (χ2v) is 4.58. The summed E-state index contributed by atoms with van der Waals surface area (Å²) in [5.74, 6) is -1.10. The number of hydrogen-bond donors (Lipinski definition) is 1. The van der Waals surface area contributed by atoms with E-state index >= 15 is 0 Å². The highest BCUT2D eigenvalue weighted by Gasteiger charge is 2.05. The normalized spacial score (nSPS) is 12.3. The van der Waals surface area contributed by atoms with E-state index in [1.165, 1.54) is 18.2 Å². The largest absolute Gasteiger partial charge is 0.481 e. The molecule has 0 aliphatic carbocycles. The fourth-order valence-electron chi connectivity index (χ4n) is 1.08. The molecule has 0 spiro atoms. The van der Waals surface area contributed by atoms with Gasteiger partial charge < -0.3 is 5.11 Å². The average molecular weight is 230 g/mol. The van der Waals surface area contributed by atoms with Gasteiger partial charge in [-0.2, -0.15) is 0 Å². The molecule has 0 fully saturated rings. The lowest BCUT2D eigenvalue weighted by Crippen LogP contribution is -2.02. The monoisotopic (exact) mass is 230 g/mol. The summed E-state index contributed by atoms with van der Waals surface area (Å²) in [6.07, 6.45) is 0.319. The first-order chi connectivity index (χ1) is 7.09. The molecule has 0 saturated heterocycles. The average Bonchev–Trinajstić information content (AvgIpc) is 2.17. The van der Waals surface area contributed by atoms with Crippen LogP contribution in [0.25, 0.3) is 0 Å². The Kier molecular flexibility index (Phi) is 4.42. The second-order valence-electron chi connectivity index (χ2n) is 3.00. The van der Waals surface area contributed by atoms with Gasteiger partial charge in [-0.05, 0) is 24.6 Å². The maximum Gasteiger partial charge on any atom is 0.303 e. The van der Waals surface area contributed by atoms with Gasteiger partial charge in [-0.25, -0.2) is 4.39 Å². The van der Waals surface area contributed by atoms with Gasteiger partial charge in [0.1, 0.15) is 5.82 Å². The molecular weight excluding hydrogens is 219 g/mol. The van der Waals surface area contributed by atoms with E-state index in [0.717, 1.165) is 0 Å². The van der Waals surface area contributed by atoms with E-state index in [0.29, 0.717) is 11.3 Å². The fourth-order valence-corrected chi connectivity index (χ4v) is 2.20. The van der Waals surface area contributed by atoms with Crippen molar-refractivity contribution in [3.8, 4) is 0 Å². The molecule has 0 aromatic heterocycles. The van der Waals surface area contributed by atoms with Crippen molar-refractivity contribution in [2.45, 2.75) is 17.7 Å². The Hall–Kier alpha value is -1.23. The predicted octanol–water partition coefficient (Wildman–Crippen LogP) is 1.80. The maximum atomic E-state index is 12.7. The van der Waals surface area contributed by atoms with E-state index < -0.39 is 22.6 Å². The van der Waals surface area contributed by atoms with Crippen molar-refractivity contribution in [1.82, 2.24) is 0 Å². The van der Waals surface area contributed by atoms with Gasteiger partial charge in [0.2, 0.25) is 0 Å². The van der Waals surface area contributed by atoms with Crippen LogP contribution in [0.15, 0.2) is 29.2 Å². The first-order valence-corrected chi connectivity index (χ1v) is 5.77. The van der Waals surface area contributed by atoms with E-state index in [2.05, 4.69) is 0 Å². The van der Waals surface area contributed by atoms with Gasteiger partial charge in [0.05, 0.1) is 10.8 Å². The standard InChI is InChI=1S/C10H11FO3S/c11-8-3-1-4-9(7-8)15(14)6-2-5-10(12)13/h1,3-4,7H,2,5-6H2,(H,12,13). The third kappa shape index (κ3) is 4.20. The van der Waals surface area contributed by atoms with E-state index in [1.54, 1.807) is 6.07 Å². The molecule has 1 rings (SSSR count). The van der Waals surface area contributed by atoms with Crippen LogP contribution in [0.2, 0.25) is 0 Å². The van der Waals surface area contributed by atoms with Crippen molar-refractivity contribution < 1.29 is 18.5 Å². The first kappa shape index (κ1) is 11.8. The molecule has 5 heteroatoms. The topological polar surface area (TPSA) is 54.4 Å². The maximum absolute atomic E-state index is 12.7. The van der Waals surface area contributed by atoms with Crippen LogP contribution in [0, 0.1) is 5.82 Å². The molecule has 1 unspecified atom stereocenters. The molecule has 15 heavy (non-hydrogen) atoms. The zero-order valence-electron chi connectivity index (χ0n) is 7.98. The van der Waals surface area contributed by atoms with E-state index in [-0.39, 0.29) is 12.2 Å². The lowest BCUT2D eigenvalue weighted by Gasteiger charge is -2.00. The summed E-state index contributed by atoms with van der Waals surface area (Å²) in [7, 11) is -1.31. The van der Waals surface area contributed by atoms with E-state index in [1.807, 2.05) is 0 Å². The second kappa shape index (κ2) is 5.60. The van der Waals surface area contributed by atoms with Gasteiger partial charge >= 0.3 is 5.97 Å². The van der Waals surface area contributed by atoms with Gasteiger partial charge in [0.15, 0.2) is 0 Å². The molecule has 1 N–H and O–H groups in total. The van der Waals surface area contributed by atoms with Crippen molar-refractivity contribution >= 4 is 16.8 Å². The van der Waals surface area contributed by atoms with Crippen LogP contribution in [-0.4, -0.2) is 21.0 Å². The van der Waals surface area contributed by atoms with Crippen molar-refractivity contribution in [1.29, 1.82) is 0 Å². The minimum atomic E-state index is -1.31. The minimum Gasteiger partial charge on any atom is -0.481 e. The molecule has 1 aromatic carbocycles. The third-order valence-electron chi connectivity index (χ3n) is 1.78. The van der Waals surface area contributed by atoms with E-state index in [4.69, 9.17) is 5.11 Å². The summed E-state index contributed by atoms with van der Waals surface area (Å²) >= 11 is 0. The summed E-state index contributed by atoms with van der Waals surface area (Å²) < 4.78 is 24.3. The number of hydrogen-bond acceptors (Lipinski definition) is 2. The molecular formula is C10H11FO3S.